The molecule has 3 saturated carbocycles. The molecule has 12 nitrogen and oxygen atoms in total. The van der Waals surface area contributed by atoms with Gasteiger partial charge in [0.05, 0.1) is 32.4 Å². The number of para-hydroxylation sites is 1. The number of carbonyl (C=O) groups excluding carboxylic acids is 2. The van der Waals surface area contributed by atoms with Gasteiger partial charge >= 0.3 is 0 Å². The summed E-state index contributed by atoms with van der Waals surface area (Å²) in [4.78, 5) is 38.8. The van der Waals surface area contributed by atoms with E-state index in [1.54, 1.807) is 26.2 Å². The smallest absolute Gasteiger partial charge is 0.251 e. The van der Waals surface area contributed by atoms with E-state index in [0.717, 1.165) is 34.4 Å². The van der Waals surface area contributed by atoms with E-state index in [-0.39, 0.29) is 48.6 Å². The molecule has 10 atom stereocenters. The zero-order valence-corrected chi connectivity index (χ0v) is 35.9. The number of rotatable bonds is 16. The number of nitrogens with zero attached hydrogens (tertiary/aromatic N) is 3. The van der Waals surface area contributed by atoms with Crippen LogP contribution in [0.5, 0.6) is 5.75 Å². The van der Waals surface area contributed by atoms with Crippen LogP contribution in [0.2, 0.25) is 0 Å². The number of hydroxylamine groups is 2. The summed E-state index contributed by atoms with van der Waals surface area (Å²) in [5.74, 6) is 0.890. The fourth-order valence-electron chi connectivity index (χ4n) is 10.0. The predicted octanol–water partition coefficient (Wildman–Crippen LogP) is 5.14. The average Bonchev–Trinajstić information content (AvgIpc) is 3.57. The Morgan fingerprint density at radius 2 is 1.74 bits per heavy atom. The van der Waals surface area contributed by atoms with Gasteiger partial charge in [-0.3, -0.25) is 14.4 Å². The number of aliphatic hydroxyl groups is 2. The zero-order valence-electron chi connectivity index (χ0n) is 35.9. The lowest BCUT2D eigenvalue weighted by Crippen LogP contribution is -2.62. The molecule has 0 spiro atoms. The van der Waals surface area contributed by atoms with E-state index >= 15 is 0 Å². The summed E-state index contributed by atoms with van der Waals surface area (Å²) in [7, 11) is 11.1. The number of hydrogen-bond acceptors (Lipinski definition) is 10. The second-order valence-corrected chi connectivity index (χ2v) is 17.8. The van der Waals surface area contributed by atoms with Gasteiger partial charge < -0.3 is 40.1 Å². The molecule has 1 aliphatic heterocycles. The van der Waals surface area contributed by atoms with Crippen molar-refractivity contribution in [3.63, 3.8) is 0 Å². The zero-order chi connectivity index (χ0) is 42.1. The first-order valence-electron chi connectivity index (χ1n) is 20.6. The Bertz CT molecular complexity index is 1890. The summed E-state index contributed by atoms with van der Waals surface area (Å²) in [5.41, 5.74) is 4.81. The van der Waals surface area contributed by atoms with E-state index in [1.807, 2.05) is 105 Å². The number of nitrogens with one attached hydrogen (secondary N) is 2. The summed E-state index contributed by atoms with van der Waals surface area (Å²) in [6, 6.07) is 20.3. The van der Waals surface area contributed by atoms with Crippen molar-refractivity contribution in [2.75, 3.05) is 60.5 Å². The van der Waals surface area contributed by atoms with Crippen molar-refractivity contribution in [3.05, 3.63) is 83.4 Å². The van der Waals surface area contributed by atoms with Gasteiger partial charge in [0, 0.05) is 62.1 Å². The normalized spacial score (nSPS) is 26.7. The molecule has 12 heteroatoms. The van der Waals surface area contributed by atoms with Gasteiger partial charge in [-0.1, -0.05) is 69.3 Å². The van der Waals surface area contributed by atoms with Crippen LogP contribution in [0, 0.1) is 29.1 Å². The first-order valence-corrected chi connectivity index (χ1v) is 20.6. The number of likely N-dealkylation sites (N-methyl/N-ethyl adjacent to an activating group) is 1. The van der Waals surface area contributed by atoms with Crippen LogP contribution < -0.4 is 20.3 Å². The van der Waals surface area contributed by atoms with Crippen LogP contribution in [0.1, 0.15) is 68.1 Å². The maximum absolute atomic E-state index is 14.3. The van der Waals surface area contributed by atoms with Gasteiger partial charge in [-0.15, -0.1) is 0 Å². The van der Waals surface area contributed by atoms with Gasteiger partial charge in [0.1, 0.15) is 24.0 Å². The second-order valence-electron chi connectivity index (χ2n) is 17.8. The third-order valence-electron chi connectivity index (χ3n) is 13.3. The van der Waals surface area contributed by atoms with E-state index in [0.29, 0.717) is 35.6 Å². The molecule has 4 aliphatic rings. The van der Waals surface area contributed by atoms with Crippen LogP contribution in [0.15, 0.2) is 66.7 Å². The summed E-state index contributed by atoms with van der Waals surface area (Å²) in [6.45, 7) is 8.91. The molecule has 0 aromatic heterocycles. The lowest BCUT2D eigenvalue weighted by atomic mass is 9.45. The minimum absolute atomic E-state index is 0.0269. The molecule has 1 saturated heterocycles. The van der Waals surface area contributed by atoms with Gasteiger partial charge in [-0.25, -0.2) is 0 Å². The van der Waals surface area contributed by atoms with E-state index < -0.39 is 24.2 Å². The highest BCUT2D eigenvalue weighted by Crippen LogP contribution is 2.61. The summed E-state index contributed by atoms with van der Waals surface area (Å²) < 4.78 is 12.1. The van der Waals surface area contributed by atoms with E-state index in [4.69, 9.17) is 14.3 Å². The van der Waals surface area contributed by atoms with Crippen molar-refractivity contribution < 1.29 is 34.1 Å². The third kappa shape index (κ3) is 8.78. The van der Waals surface area contributed by atoms with Crippen molar-refractivity contribution in [3.8, 4) is 16.9 Å². The minimum Gasteiger partial charge on any atom is -0.496 e. The summed E-state index contributed by atoms with van der Waals surface area (Å²) in [5, 5.41) is 29.6. The van der Waals surface area contributed by atoms with Crippen molar-refractivity contribution in [2.24, 2.45) is 29.1 Å². The maximum atomic E-state index is 14.3. The topological polar surface area (TPSA) is 136 Å². The summed E-state index contributed by atoms with van der Waals surface area (Å²) in [6.07, 6.45) is 0.0635. The Balaban J connectivity index is 1.30. The molecule has 7 rings (SSSR count). The van der Waals surface area contributed by atoms with Crippen molar-refractivity contribution >= 4 is 17.5 Å². The minimum atomic E-state index is -0.912. The number of ether oxygens (including phenoxy) is 2. The predicted molar refractivity (Wildman–Crippen MR) is 226 cm³/mol. The SMILES string of the molecule is COc1c(CN2O[C@@H](CO)[C@@H](C(C)O)[C@H]2C(=O)N[C@H]2C[C@H]3C[C@@H]([C@@H]2C)C3(C)C)cccc1-c1cc(C(=O)N[C@H](CN(C)C)[C@H](OC)c2ccccc2)cc(N(C)C)c1. The fourth-order valence-corrected chi connectivity index (χ4v) is 10.0. The highest BCUT2D eigenvalue weighted by Gasteiger charge is 2.57. The lowest BCUT2D eigenvalue weighted by Gasteiger charge is -2.62. The lowest BCUT2D eigenvalue weighted by molar-refractivity contribution is -0.183. The van der Waals surface area contributed by atoms with Crippen LogP contribution in [-0.2, 0) is 20.9 Å². The van der Waals surface area contributed by atoms with Crippen molar-refractivity contribution in [1.82, 2.24) is 20.6 Å². The molecule has 4 N–H and O–H groups in total. The number of amides is 2. The molecule has 4 fully saturated rings. The van der Waals surface area contributed by atoms with Crippen LogP contribution in [0.3, 0.4) is 0 Å². The number of anilines is 1. The van der Waals surface area contributed by atoms with Gasteiger partial charge in [0.2, 0.25) is 5.91 Å². The van der Waals surface area contributed by atoms with Crippen LogP contribution in [0.25, 0.3) is 11.1 Å². The van der Waals surface area contributed by atoms with Crippen molar-refractivity contribution in [1.29, 1.82) is 0 Å². The molecule has 0 radical (unpaired) electrons. The Hall–Kier alpha value is -4.04. The standard InChI is InChI=1S/C46H65N5O7/c1-27-36-22-33(46(36,3)4)23-37(27)47-45(55)41-40(28(2)53)39(26-52)58-51(41)24-30-17-14-18-35(42(30)56-9)31-19-32(21-34(20-31)50(7)8)44(54)48-38(25-49(5)6)43(57-10)29-15-12-11-13-16-29/h11-21,27-28,33,36-41,43,52-53H,22-26H2,1-10H3,(H,47,55)(H,48,54)/t27-,28?,33+,36-,37-,38+,39-,40+,41-,43+/m0/s1. The number of hydrogen-bond donors (Lipinski definition) is 4. The molecule has 2 amide bonds. The Morgan fingerprint density at radius 3 is 2.33 bits per heavy atom. The first-order chi connectivity index (χ1) is 27.6. The van der Waals surface area contributed by atoms with E-state index in [1.165, 1.54) is 6.42 Å². The Morgan fingerprint density at radius 1 is 1.02 bits per heavy atom. The largest absolute Gasteiger partial charge is 0.496 e. The Labute approximate surface area is 344 Å². The second kappa shape index (κ2) is 18.1. The fraction of sp³-hybridized carbons (Fsp3) is 0.565. The molecular weight excluding hydrogens is 735 g/mol. The van der Waals surface area contributed by atoms with Crippen molar-refractivity contribution in [2.45, 2.75) is 83.5 Å². The molecule has 1 heterocycles. The number of aliphatic hydroxyl groups excluding tert-OH is 2. The van der Waals surface area contributed by atoms with Crippen LogP contribution >= 0.6 is 0 Å². The summed E-state index contributed by atoms with van der Waals surface area (Å²) >= 11 is 0. The molecule has 316 valence electrons. The van der Waals surface area contributed by atoms with Crippen LogP contribution in [-0.4, -0.2) is 118 Å². The number of methoxy groups -OCH3 is 2. The van der Waals surface area contributed by atoms with Gasteiger partial charge in [-0.05, 0) is 86.4 Å². The highest BCUT2D eigenvalue weighted by molar-refractivity contribution is 5.97. The number of benzene rings is 3. The molecule has 3 aliphatic carbocycles. The van der Waals surface area contributed by atoms with E-state index in [2.05, 4.69) is 31.4 Å². The Kier molecular flexibility index (Phi) is 13.6. The first kappa shape index (κ1) is 43.5. The molecule has 2 bridgehead atoms. The molecular formula is C46H65N5O7. The van der Waals surface area contributed by atoms with E-state index in [9.17, 15) is 19.8 Å². The monoisotopic (exact) mass is 799 g/mol. The van der Waals surface area contributed by atoms with Gasteiger partial charge in [-0.2, -0.15) is 5.06 Å². The number of carbonyl (C=O) groups is 2. The van der Waals surface area contributed by atoms with Crippen LogP contribution in [0.4, 0.5) is 5.69 Å². The van der Waals surface area contributed by atoms with Gasteiger partial charge in [0.25, 0.3) is 5.91 Å². The number of fused-ring (bicyclic) bond motifs is 2. The quantitative estimate of drug-likeness (QED) is 0.154. The average molecular weight is 800 g/mol. The molecule has 3 aromatic rings. The maximum Gasteiger partial charge on any atom is 0.251 e. The van der Waals surface area contributed by atoms with Gasteiger partial charge in [0.15, 0.2) is 0 Å². The highest BCUT2D eigenvalue weighted by atomic mass is 16.7. The molecule has 3 aromatic carbocycles. The molecule has 1 unspecified atom stereocenters. The molecule has 58 heavy (non-hydrogen) atoms. The third-order valence-corrected chi connectivity index (χ3v) is 13.3.